The first-order valence-electron chi connectivity index (χ1n) is 10.3. The molecule has 4 aromatic rings. The summed E-state index contributed by atoms with van der Waals surface area (Å²) < 4.78 is 3.67. The largest absolute Gasteiger partial charge is 0.354 e. The molecule has 30 heavy (non-hydrogen) atoms. The second-order valence-electron chi connectivity index (χ2n) is 9.14. The number of fused-ring (bicyclic) bond motifs is 1. The van der Waals surface area contributed by atoms with Gasteiger partial charge in [0.05, 0.1) is 10.4 Å². The minimum Gasteiger partial charge on any atom is -0.354 e. The van der Waals surface area contributed by atoms with Gasteiger partial charge in [0, 0.05) is 30.0 Å². The first-order chi connectivity index (χ1) is 14.4. The van der Waals surface area contributed by atoms with Crippen LogP contribution in [0.4, 0.5) is 0 Å². The molecule has 2 aliphatic carbocycles. The molecule has 2 aliphatic rings. The third-order valence-corrected chi connectivity index (χ3v) is 7.31. The van der Waals surface area contributed by atoms with Crippen LogP contribution in [0.15, 0.2) is 47.7 Å². The van der Waals surface area contributed by atoms with Crippen LogP contribution in [0.2, 0.25) is 5.02 Å². The Morgan fingerprint density at radius 1 is 1.20 bits per heavy atom. The predicted octanol–water partition coefficient (Wildman–Crippen LogP) is 4.27. The summed E-state index contributed by atoms with van der Waals surface area (Å²) in [4.78, 5) is 16.3. The molecule has 0 unspecified atom stereocenters. The first kappa shape index (κ1) is 18.0. The molecule has 0 aliphatic heterocycles. The third kappa shape index (κ3) is 2.40. The van der Waals surface area contributed by atoms with Gasteiger partial charge in [-0.3, -0.25) is 9.36 Å². The molecule has 3 aromatic heterocycles. The van der Waals surface area contributed by atoms with E-state index in [4.69, 9.17) is 11.6 Å². The smallest absolute Gasteiger partial charge is 0.279 e. The van der Waals surface area contributed by atoms with E-state index in [9.17, 15) is 4.79 Å². The van der Waals surface area contributed by atoms with E-state index in [-0.39, 0.29) is 11.0 Å². The van der Waals surface area contributed by atoms with Gasteiger partial charge in [-0.2, -0.15) is 0 Å². The van der Waals surface area contributed by atoms with Crippen molar-refractivity contribution >= 4 is 22.5 Å². The van der Waals surface area contributed by atoms with Crippen LogP contribution in [-0.4, -0.2) is 24.3 Å². The van der Waals surface area contributed by atoms with Gasteiger partial charge in [-0.25, -0.2) is 0 Å². The molecule has 2 fully saturated rings. The van der Waals surface area contributed by atoms with Gasteiger partial charge in [0.1, 0.15) is 17.7 Å². The Morgan fingerprint density at radius 3 is 2.70 bits per heavy atom. The second-order valence-corrected chi connectivity index (χ2v) is 9.55. The Labute approximate surface area is 178 Å². The van der Waals surface area contributed by atoms with Gasteiger partial charge in [-0.05, 0) is 61.8 Å². The van der Waals surface area contributed by atoms with Crippen molar-refractivity contribution in [1.29, 1.82) is 0 Å². The SMILES string of the molecule is Cc1cc2c(Cl)cn(-c3cccc(C4(c5nncn5C)CC5(CC5)C4)c3)c(=O)c2[nH]1. The number of aryl methyl sites for hydroxylation is 2. The fourth-order valence-corrected chi connectivity index (χ4v) is 5.67. The lowest BCUT2D eigenvalue weighted by Crippen LogP contribution is -2.45. The minimum atomic E-state index is -0.154. The molecule has 1 N–H and O–H groups in total. The standard InChI is InChI=1S/C23H22ClN5O/c1-14-8-17-18(24)10-29(20(30)19(17)26-14)16-5-3-4-15(9-16)23(11-22(12-23)6-7-22)21-27-25-13-28(21)2/h3-5,8-10,13,26H,6-7,11-12H2,1-2H3. The van der Waals surface area contributed by atoms with Gasteiger partial charge in [-0.15, -0.1) is 10.2 Å². The van der Waals surface area contributed by atoms with Crippen molar-refractivity contribution in [3.8, 4) is 5.69 Å². The van der Waals surface area contributed by atoms with Crippen molar-refractivity contribution in [2.45, 2.75) is 38.0 Å². The third-order valence-electron chi connectivity index (χ3n) is 7.01. The second kappa shape index (κ2) is 5.85. The molecule has 7 heteroatoms. The van der Waals surface area contributed by atoms with E-state index < -0.39 is 0 Å². The summed E-state index contributed by atoms with van der Waals surface area (Å²) in [7, 11) is 2.00. The number of rotatable bonds is 3. The average molecular weight is 420 g/mol. The molecule has 1 spiro atoms. The molecule has 0 atom stereocenters. The summed E-state index contributed by atoms with van der Waals surface area (Å²) in [5, 5.41) is 9.94. The van der Waals surface area contributed by atoms with Gasteiger partial charge in [0.25, 0.3) is 5.56 Å². The molecule has 0 bridgehead atoms. The molecule has 0 amide bonds. The highest BCUT2D eigenvalue weighted by Gasteiger charge is 2.63. The highest BCUT2D eigenvalue weighted by Crippen LogP contribution is 2.70. The van der Waals surface area contributed by atoms with Crippen molar-refractivity contribution in [3.05, 3.63) is 75.3 Å². The highest BCUT2D eigenvalue weighted by molar-refractivity contribution is 6.35. The average Bonchev–Trinajstić information content (AvgIpc) is 3.21. The van der Waals surface area contributed by atoms with Crippen LogP contribution in [0.25, 0.3) is 16.6 Å². The Balaban J connectivity index is 1.51. The summed E-state index contributed by atoms with van der Waals surface area (Å²) in [6, 6.07) is 10.1. The maximum Gasteiger partial charge on any atom is 0.279 e. The summed E-state index contributed by atoms with van der Waals surface area (Å²) in [5.41, 5.74) is 3.67. The molecule has 0 radical (unpaired) electrons. The number of benzene rings is 1. The molecule has 3 heterocycles. The van der Waals surface area contributed by atoms with Crippen LogP contribution >= 0.6 is 11.6 Å². The zero-order valence-electron chi connectivity index (χ0n) is 16.9. The molecule has 6 nitrogen and oxygen atoms in total. The summed E-state index contributed by atoms with van der Waals surface area (Å²) in [6.45, 7) is 1.93. The van der Waals surface area contributed by atoms with Crippen LogP contribution in [0.1, 0.15) is 42.8 Å². The summed E-state index contributed by atoms with van der Waals surface area (Å²) in [6.07, 6.45) is 8.25. The minimum absolute atomic E-state index is 0.0976. The van der Waals surface area contributed by atoms with Gasteiger partial charge in [0.2, 0.25) is 0 Å². The highest BCUT2D eigenvalue weighted by atomic mass is 35.5. The fourth-order valence-electron chi connectivity index (χ4n) is 5.42. The first-order valence-corrected chi connectivity index (χ1v) is 10.6. The quantitative estimate of drug-likeness (QED) is 0.539. The number of aromatic amines is 1. The molecular weight excluding hydrogens is 398 g/mol. The Bertz CT molecular complexity index is 1370. The predicted molar refractivity (Wildman–Crippen MR) is 116 cm³/mol. The van der Waals surface area contributed by atoms with Crippen LogP contribution < -0.4 is 5.56 Å². The van der Waals surface area contributed by atoms with Crippen molar-refractivity contribution in [2.24, 2.45) is 12.5 Å². The maximum absolute atomic E-state index is 13.2. The number of hydrogen-bond donors (Lipinski definition) is 1. The van der Waals surface area contributed by atoms with Gasteiger partial charge < -0.3 is 9.55 Å². The van der Waals surface area contributed by atoms with Gasteiger partial charge >= 0.3 is 0 Å². The number of nitrogens with one attached hydrogen (secondary N) is 1. The fraction of sp³-hybridized carbons (Fsp3) is 0.348. The van der Waals surface area contributed by atoms with Gasteiger partial charge in [0.15, 0.2) is 0 Å². The normalized spacial score (nSPS) is 18.6. The molecule has 152 valence electrons. The Hall–Kier alpha value is -2.86. The van der Waals surface area contributed by atoms with E-state index in [2.05, 4.69) is 27.3 Å². The lowest BCUT2D eigenvalue weighted by molar-refractivity contribution is 0.145. The van der Waals surface area contributed by atoms with E-state index in [1.165, 1.54) is 18.4 Å². The molecule has 1 aromatic carbocycles. The van der Waals surface area contributed by atoms with Crippen molar-refractivity contribution in [3.63, 3.8) is 0 Å². The topological polar surface area (TPSA) is 68.5 Å². The molecule has 2 saturated carbocycles. The van der Waals surface area contributed by atoms with Crippen LogP contribution in [0.3, 0.4) is 0 Å². The van der Waals surface area contributed by atoms with E-state index in [0.717, 1.165) is 35.4 Å². The molecule has 6 rings (SSSR count). The van der Waals surface area contributed by atoms with Gasteiger partial charge in [-0.1, -0.05) is 23.7 Å². The number of aromatic nitrogens is 5. The lowest BCUT2D eigenvalue weighted by atomic mass is 9.56. The number of nitrogens with zero attached hydrogens (tertiary/aromatic N) is 4. The van der Waals surface area contributed by atoms with Crippen LogP contribution in [0, 0.1) is 12.3 Å². The number of halogens is 1. The summed E-state index contributed by atoms with van der Waals surface area (Å²) in [5.74, 6) is 0.998. The van der Waals surface area contributed by atoms with Crippen molar-refractivity contribution in [2.75, 3.05) is 0 Å². The van der Waals surface area contributed by atoms with Crippen molar-refractivity contribution < 1.29 is 0 Å². The van der Waals surface area contributed by atoms with Crippen LogP contribution in [-0.2, 0) is 12.5 Å². The monoisotopic (exact) mass is 419 g/mol. The van der Waals surface area contributed by atoms with E-state index in [1.54, 1.807) is 17.1 Å². The maximum atomic E-state index is 13.2. The molecule has 0 saturated heterocycles. The zero-order valence-corrected chi connectivity index (χ0v) is 17.7. The number of pyridine rings is 1. The van der Waals surface area contributed by atoms with E-state index in [1.807, 2.05) is 36.7 Å². The Kier molecular flexibility index (Phi) is 3.50. The number of hydrogen-bond acceptors (Lipinski definition) is 3. The molecular formula is C23H22ClN5O. The number of H-pyrrole nitrogens is 1. The lowest BCUT2D eigenvalue weighted by Gasteiger charge is -2.48. The van der Waals surface area contributed by atoms with E-state index in [0.29, 0.717) is 16.0 Å². The van der Waals surface area contributed by atoms with Crippen LogP contribution in [0.5, 0.6) is 0 Å². The Morgan fingerprint density at radius 2 is 2.00 bits per heavy atom. The summed E-state index contributed by atoms with van der Waals surface area (Å²) >= 11 is 6.51. The van der Waals surface area contributed by atoms with E-state index >= 15 is 0 Å². The van der Waals surface area contributed by atoms with Crippen molar-refractivity contribution in [1.82, 2.24) is 24.3 Å². The zero-order chi connectivity index (χ0) is 20.7.